The van der Waals surface area contributed by atoms with Crippen LogP contribution in [0, 0.1) is 5.92 Å². The number of rotatable bonds is 7. The summed E-state index contributed by atoms with van der Waals surface area (Å²) in [5, 5.41) is 11.7. The van der Waals surface area contributed by atoms with Crippen LogP contribution < -0.4 is 10.1 Å². The summed E-state index contributed by atoms with van der Waals surface area (Å²) in [5.74, 6) is -1.08. The average Bonchev–Trinajstić information content (AvgIpc) is 2.60. The molecule has 2 unspecified atom stereocenters. The summed E-state index contributed by atoms with van der Waals surface area (Å²) < 4.78 is 5.65. The molecule has 2 rings (SSSR count). The third kappa shape index (κ3) is 4.84. The first-order valence-electron chi connectivity index (χ1n) is 7.78. The molecule has 0 aliphatic carbocycles. The molecule has 2 atom stereocenters. The molecule has 0 radical (unpaired) electrons. The zero-order chi connectivity index (χ0) is 17.5. The van der Waals surface area contributed by atoms with Crippen molar-refractivity contribution in [2.45, 2.75) is 26.5 Å². The third-order valence-electron chi connectivity index (χ3n) is 3.86. The van der Waals surface area contributed by atoms with Gasteiger partial charge in [0.25, 0.3) is 5.91 Å². The van der Waals surface area contributed by atoms with Gasteiger partial charge < -0.3 is 15.2 Å². The normalized spacial score (nSPS) is 12.9. The van der Waals surface area contributed by atoms with Crippen molar-refractivity contribution in [2.24, 2.45) is 5.92 Å². The van der Waals surface area contributed by atoms with E-state index in [1.54, 1.807) is 26.0 Å². The molecule has 2 N–H and O–H groups in total. The molecule has 0 saturated heterocycles. The predicted molar refractivity (Wildman–Crippen MR) is 90.9 cm³/mol. The average molecular weight is 327 g/mol. The molecule has 0 aliphatic heterocycles. The molecule has 0 fully saturated rings. The zero-order valence-corrected chi connectivity index (χ0v) is 13.7. The number of ether oxygens (including phenoxy) is 1. The van der Waals surface area contributed by atoms with Gasteiger partial charge in [0, 0.05) is 11.6 Å². The van der Waals surface area contributed by atoms with Gasteiger partial charge in [-0.15, -0.1) is 0 Å². The Balaban J connectivity index is 1.91. The minimum Gasteiger partial charge on any atom is -0.489 e. The van der Waals surface area contributed by atoms with Crippen LogP contribution in [0.3, 0.4) is 0 Å². The van der Waals surface area contributed by atoms with E-state index in [1.807, 2.05) is 42.5 Å². The molecule has 0 aromatic heterocycles. The monoisotopic (exact) mass is 327 g/mol. The lowest BCUT2D eigenvalue weighted by Crippen LogP contribution is -2.40. The number of hydrogen-bond acceptors (Lipinski definition) is 3. The van der Waals surface area contributed by atoms with Gasteiger partial charge in [-0.1, -0.05) is 30.3 Å². The first kappa shape index (κ1) is 17.5. The maximum atomic E-state index is 12.1. The number of benzene rings is 2. The highest BCUT2D eigenvalue weighted by atomic mass is 16.5. The number of carbonyl (C=O) groups excluding carboxylic acids is 1. The molecule has 24 heavy (non-hydrogen) atoms. The highest BCUT2D eigenvalue weighted by molar-refractivity contribution is 5.94. The molecule has 2 aromatic carbocycles. The van der Waals surface area contributed by atoms with Crippen molar-refractivity contribution in [3.05, 3.63) is 65.7 Å². The minimum absolute atomic E-state index is 0.286. The first-order chi connectivity index (χ1) is 11.5. The smallest absolute Gasteiger partial charge is 0.308 e. The van der Waals surface area contributed by atoms with Gasteiger partial charge in [0.2, 0.25) is 0 Å². The van der Waals surface area contributed by atoms with E-state index in [1.165, 1.54) is 0 Å². The molecule has 126 valence electrons. The Hall–Kier alpha value is -2.82. The van der Waals surface area contributed by atoms with Gasteiger partial charge in [0.05, 0.1) is 5.92 Å². The molecule has 0 bridgehead atoms. The van der Waals surface area contributed by atoms with E-state index in [2.05, 4.69) is 5.32 Å². The minimum atomic E-state index is -0.934. The van der Waals surface area contributed by atoms with Crippen LogP contribution >= 0.6 is 0 Å². The molecular formula is C19H21NO4. The van der Waals surface area contributed by atoms with E-state index in [9.17, 15) is 9.59 Å². The van der Waals surface area contributed by atoms with Gasteiger partial charge in [-0.25, -0.2) is 0 Å². The van der Waals surface area contributed by atoms with Crippen molar-refractivity contribution in [2.75, 3.05) is 0 Å². The van der Waals surface area contributed by atoms with Crippen molar-refractivity contribution in [1.82, 2.24) is 5.32 Å². The van der Waals surface area contributed by atoms with E-state index in [0.717, 1.165) is 11.3 Å². The van der Waals surface area contributed by atoms with E-state index in [-0.39, 0.29) is 5.91 Å². The SMILES string of the molecule is CC(NC(=O)c1ccc(COc2ccccc2)cc1)C(C)C(=O)O. The van der Waals surface area contributed by atoms with Crippen molar-refractivity contribution in [3.63, 3.8) is 0 Å². The van der Waals surface area contributed by atoms with Gasteiger partial charge in [0.15, 0.2) is 0 Å². The van der Waals surface area contributed by atoms with Gasteiger partial charge in [-0.3, -0.25) is 9.59 Å². The molecular weight excluding hydrogens is 306 g/mol. The summed E-state index contributed by atoms with van der Waals surface area (Å²) in [5.41, 5.74) is 1.44. The van der Waals surface area contributed by atoms with Crippen molar-refractivity contribution >= 4 is 11.9 Å². The van der Waals surface area contributed by atoms with E-state index < -0.39 is 17.9 Å². The fraction of sp³-hybridized carbons (Fsp3) is 0.263. The van der Waals surface area contributed by atoms with Crippen molar-refractivity contribution in [1.29, 1.82) is 0 Å². The summed E-state index contributed by atoms with van der Waals surface area (Å²) in [4.78, 5) is 23.1. The molecule has 1 amide bonds. The number of nitrogens with one attached hydrogen (secondary N) is 1. The van der Waals surface area contributed by atoms with Crippen molar-refractivity contribution < 1.29 is 19.4 Å². The summed E-state index contributed by atoms with van der Waals surface area (Å²) in [6.07, 6.45) is 0. The van der Waals surface area contributed by atoms with Crippen LogP contribution in [0.1, 0.15) is 29.8 Å². The van der Waals surface area contributed by atoms with E-state index in [4.69, 9.17) is 9.84 Å². The second-order valence-corrected chi connectivity index (χ2v) is 5.69. The molecule has 2 aromatic rings. The second-order valence-electron chi connectivity index (χ2n) is 5.69. The zero-order valence-electron chi connectivity index (χ0n) is 13.7. The maximum Gasteiger partial charge on any atom is 0.308 e. The fourth-order valence-corrected chi connectivity index (χ4v) is 2.06. The lowest BCUT2D eigenvalue weighted by molar-refractivity contribution is -0.141. The van der Waals surface area contributed by atoms with E-state index in [0.29, 0.717) is 12.2 Å². The second kappa shape index (κ2) is 8.15. The topological polar surface area (TPSA) is 75.6 Å². The Morgan fingerprint density at radius 1 is 1.04 bits per heavy atom. The summed E-state index contributed by atoms with van der Waals surface area (Å²) in [7, 11) is 0. The van der Waals surface area contributed by atoms with Crippen LogP contribution in [0.2, 0.25) is 0 Å². The van der Waals surface area contributed by atoms with Crippen LogP contribution in [0.25, 0.3) is 0 Å². The van der Waals surface area contributed by atoms with Crippen molar-refractivity contribution in [3.8, 4) is 5.75 Å². The van der Waals surface area contributed by atoms with Crippen LogP contribution in [0.5, 0.6) is 5.75 Å². The summed E-state index contributed by atoms with van der Waals surface area (Å²) in [6.45, 7) is 3.66. The Kier molecular flexibility index (Phi) is 5.95. The number of carbonyl (C=O) groups is 2. The number of carboxylic acid groups (broad SMARTS) is 1. The first-order valence-corrected chi connectivity index (χ1v) is 7.78. The van der Waals surface area contributed by atoms with Gasteiger partial charge in [-0.05, 0) is 43.7 Å². The molecule has 0 spiro atoms. The Morgan fingerprint density at radius 2 is 1.67 bits per heavy atom. The third-order valence-corrected chi connectivity index (χ3v) is 3.86. The maximum absolute atomic E-state index is 12.1. The van der Waals surface area contributed by atoms with Gasteiger partial charge in [0.1, 0.15) is 12.4 Å². The number of hydrogen-bond donors (Lipinski definition) is 2. The lowest BCUT2D eigenvalue weighted by Gasteiger charge is -2.17. The number of aliphatic carboxylic acids is 1. The lowest BCUT2D eigenvalue weighted by atomic mass is 10.0. The fourth-order valence-electron chi connectivity index (χ4n) is 2.06. The largest absolute Gasteiger partial charge is 0.489 e. The molecule has 0 aliphatic rings. The summed E-state index contributed by atoms with van der Waals surface area (Å²) in [6, 6.07) is 16.1. The number of amides is 1. The molecule has 0 heterocycles. The van der Waals surface area contributed by atoms with Crippen LogP contribution in [0.15, 0.2) is 54.6 Å². The molecule has 0 saturated carbocycles. The van der Waals surface area contributed by atoms with E-state index >= 15 is 0 Å². The molecule has 5 nitrogen and oxygen atoms in total. The van der Waals surface area contributed by atoms with Crippen LogP contribution in [0.4, 0.5) is 0 Å². The van der Waals surface area contributed by atoms with Crippen LogP contribution in [-0.4, -0.2) is 23.0 Å². The molecule has 5 heteroatoms. The quantitative estimate of drug-likeness (QED) is 0.819. The van der Waals surface area contributed by atoms with Gasteiger partial charge >= 0.3 is 5.97 Å². The van der Waals surface area contributed by atoms with Gasteiger partial charge in [-0.2, -0.15) is 0 Å². The van der Waals surface area contributed by atoms with Crippen LogP contribution in [-0.2, 0) is 11.4 Å². The number of para-hydroxylation sites is 1. The Labute approximate surface area is 141 Å². The summed E-state index contributed by atoms with van der Waals surface area (Å²) >= 11 is 0. The Morgan fingerprint density at radius 3 is 2.25 bits per heavy atom. The number of carboxylic acids is 1. The highest BCUT2D eigenvalue weighted by Gasteiger charge is 2.21. The predicted octanol–water partition coefficient (Wildman–Crippen LogP) is 3.10. The highest BCUT2D eigenvalue weighted by Crippen LogP contribution is 2.13. The Bertz CT molecular complexity index is 682. The standard InChI is InChI=1S/C19H21NO4/c1-13(19(22)23)14(2)20-18(21)16-10-8-15(9-11-16)12-24-17-6-4-3-5-7-17/h3-11,13-14H,12H2,1-2H3,(H,20,21)(H,22,23).